The van der Waals surface area contributed by atoms with Crippen LogP contribution >= 0.6 is 0 Å². The smallest absolute Gasteiger partial charge is 0.284 e. The number of nitrogens with one attached hydrogen (secondary N) is 1. The van der Waals surface area contributed by atoms with E-state index < -0.39 is 0 Å². The molecule has 0 atom stereocenters. The normalized spacial score (nSPS) is 12.2. The number of aliphatic imine (C=N–C) groups is 1. The molecule has 1 N–H and O–H groups in total. The summed E-state index contributed by atoms with van der Waals surface area (Å²) in [5.74, 6) is 0. The van der Waals surface area contributed by atoms with Gasteiger partial charge in [0, 0.05) is 13.1 Å². The number of ether oxygens (including phenoxy) is 1. The predicted molar refractivity (Wildman–Crippen MR) is 93.1 cm³/mol. The Morgan fingerprint density at radius 2 is 1.67 bits per heavy atom. The lowest BCUT2D eigenvalue weighted by Crippen LogP contribution is -2.31. The summed E-state index contributed by atoms with van der Waals surface area (Å²) in [7, 11) is 4.19. The fourth-order valence-electron chi connectivity index (χ4n) is 2.14. The molecule has 0 aromatic heterocycles. The predicted octanol–water partition coefficient (Wildman–Crippen LogP) is 3.67. The molecular formula is C17H37N3O. The van der Waals surface area contributed by atoms with Crippen molar-refractivity contribution in [3.63, 3.8) is 0 Å². The minimum atomic E-state index is 0.316. The Labute approximate surface area is 132 Å². The lowest BCUT2D eigenvalue weighted by Gasteiger charge is -2.20. The van der Waals surface area contributed by atoms with Gasteiger partial charge in [-0.2, -0.15) is 0 Å². The molecule has 0 rings (SSSR count). The van der Waals surface area contributed by atoms with E-state index in [9.17, 15) is 0 Å². The van der Waals surface area contributed by atoms with Gasteiger partial charge in [-0.3, -0.25) is 0 Å². The van der Waals surface area contributed by atoms with E-state index in [1.807, 2.05) is 0 Å². The van der Waals surface area contributed by atoms with Crippen molar-refractivity contribution in [1.82, 2.24) is 10.2 Å². The number of amidine groups is 1. The SMILES string of the molecule is CCCCC(CCCC)OC(=NCCCN(C)C)NCC. The Balaban J connectivity index is 4.33. The van der Waals surface area contributed by atoms with Gasteiger partial charge in [0.05, 0.1) is 0 Å². The second kappa shape index (κ2) is 14.2. The van der Waals surface area contributed by atoms with Gasteiger partial charge in [-0.15, -0.1) is 0 Å². The average molecular weight is 300 g/mol. The average Bonchev–Trinajstić information content (AvgIpc) is 2.46. The number of hydrogen-bond acceptors (Lipinski definition) is 3. The van der Waals surface area contributed by atoms with E-state index in [4.69, 9.17) is 4.74 Å². The zero-order chi connectivity index (χ0) is 15.9. The molecule has 0 aliphatic rings. The Bertz CT molecular complexity index is 246. The summed E-state index contributed by atoms with van der Waals surface area (Å²) in [6, 6.07) is 0.744. The fraction of sp³-hybridized carbons (Fsp3) is 0.941. The highest BCUT2D eigenvalue weighted by Gasteiger charge is 2.12. The Hall–Kier alpha value is -0.770. The summed E-state index contributed by atoms with van der Waals surface area (Å²) in [5.41, 5.74) is 0. The summed E-state index contributed by atoms with van der Waals surface area (Å²) >= 11 is 0. The zero-order valence-electron chi connectivity index (χ0n) is 15.0. The van der Waals surface area contributed by atoms with Crippen molar-refractivity contribution in [3.05, 3.63) is 0 Å². The molecule has 4 nitrogen and oxygen atoms in total. The molecule has 0 radical (unpaired) electrons. The molecule has 0 aromatic rings. The first-order chi connectivity index (χ1) is 10.1. The molecule has 0 aromatic carbocycles. The first kappa shape index (κ1) is 20.2. The third kappa shape index (κ3) is 12.7. The van der Waals surface area contributed by atoms with Gasteiger partial charge >= 0.3 is 0 Å². The highest BCUT2D eigenvalue weighted by molar-refractivity contribution is 5.73. The lowest BCUT2D eigenvalue weighted by molar-refractivity contribution is 0.152. The van der Waals surface area contributed by atoms with E-state index in [2.05, 4.69) is 50.1 Å². The van der Waals surface area contributed by atoms with Crippen LogP contribution in [-0.4, -0.2) is 50.8 Å². The Morgan fingerprint density at radius 3 is 2.14 bits per heavy atom. The van der Waals surface area contributed by atoms with E-state index in [-0.39, 0.29) is 0 Å². The number of nitrogens with zero attached hydrogens (tertiary/aromatic N) is 2. The summed E-state index contributed by atoms with van der Waals surface area (Å²) < 4.78 is 6.13. The van der Waals surface area contributed by atoms with Crippen LogP contribution in [0, 0.1) is 0 Å². The maximum Gasteiger partial charge on any atom is 0.284 e. The molecule has 4 heteroatoms. The van der Waals surface area contributed by atoms with Crippen molar-refractivity contribution in [2.75, 3.05) is 33.7 Å². The number of rotatable bonds is 12. The molecule has 0 heterocycles. The monoisotopic (exact) mass is 299 g/mol. The third-order valence-corrected chi connectivity index (χ3v) is 3.38. The molecule has 126 valence electrons. The van der Waals surface area contributed by atoms with Crippen LogP contribution < -0.4 is 5.32 Å². The molecule has 0 saturated carbocycles. The lowest BCUT2D eigenvalue weighted by atomic mass is 10.1. The molecular weight excluding hydrogens is 262 g/mol. The zero-order valence-corrected chi connectivity index (χ0v) is 15.0. The summed E-state index contributed by atoms with van der Waals surface area (Å²) in [5, 5.41) is 3.27. The summed E-state index contributed by atoms with van der Waals surface area (Å²) in [6.45, 7) is 9.31. The van der Waals surface area contributed by atoms with Gasteiger partial charge in [-0.25, -0.2) is 4.99 Å². The van der Waals surface area contributed by atoms with Gasteiger partial charge in [-0.1, -0.05) is 39.5 Å². The van der Waals surface area contributed by atoms with Crippen LogP contribution in [0.5, 0.6) is 0 Å². The molecule has 0 aliphatic heterocycles. The van der Waals surface area contributed by atoms with E-state index in [0.29, 0.717) is 6.10 Å². The molecule has 0 amide bonds. The maximum absolute atomic E-state index is 6.13. The molecule has 0 fully saturated rings. The molecule has 0 bridgehead atoms. The van der Waals surface area contributed by atoms with Gasteiger partial charge in [0.25, 0.3) is 6.02 Å². The van der Waals surface area contributed by atoms with Gasteiger partial charge in [0.1, 0.15) is 6.10 Å². The van der Waals surface area contributed by atoms with E-state index >= 15 is 0 Å². The van der Waals surface area contributed by atoms with Crippen LogP contribution in [0.4, 0.5) is 0 Å². The Morgan fingerprint density at radius 1 is 1.05 bits per heavy atom. The largest absolute Gasteiger partial charge is 0.462 e. The minimum absolute atomic E-state index is 0.316. The van der Waals surface area contributed by atoms with Crippen molar-refractivity contribution < 1.29 is 4.74 Å². The first-order valence-electron chi connectivity index (χ1n) is 8.73. The standard InChI is InChI=1S/C17H37N3O/c1-6-9-12-16(13-10-7-2)21-17(18-8-3)19-14-11-15-20(4)5/h16H,6-15H2,1-5H3,(H,18,19). The molecule has 0 unspecified atom stereocenters. The highest BCUT2D eigenvalue weighted by atomic mass is 16.5. The van der Waals surface area contributed by atoms with E-state index in [1.165, 1.54) is 25.7 Å². The highest BCUT2D eigenvalue weighted by Crippen LogP contribution is 2.12. The number of hydrogen-bond donors (Lipinski definition) is 1. The second-order valence-corrected chi connectivity index (χ2v) is 5.90. The van der Waals surface area contributed by atoms with Crippen molar-refractivity contribution in [1.29, 1.82) is 0 Å². The quantitative estimate of drug-likeness (QED) is 0.339. The van der Waals surface area contributed by atoms with Crippen LogP contribution in [0.15, 0.2) is 4.99 Å². The van der Waals surface area contributed by atoms with Gasteiger partial charge < -0.3 is 15.0 Å². The topological polar surface area (TPSA) is 36.9 Å². The molecule has 0 spiro atoms. The van der Waals surface area contributed by atoms with Crippen LogP contribution in [0.3, 0.4) is 0 Å². The summed E-state index contributed by atoms with van der Waals surface area (Å²) in [6.07, 6.45) is 8.57. The van der Waals surface area contributed by atoms with Crippen molar-refractivity contribution in [2.24, 2.45) is 4.99 Å². The second-order valence-electron chi connectivity index (χ2n) is 5.90. The van der Waals surface area contributed by atoms with Gasteiger partial charge in [0.15, 0.2) is 0 Å². The Kier molecular flexibility index (Phi) is 13.7. The van der Waals surface area contributed by atoms with Crippen LogP contribution in [0.2, 0.25) is 0 Å². The van der Waals surface area contributed by atoms with E-state index in [0.717, 1.165) is 44.9 Å². The molecule has 0 aliphatic carbocycles. The van der Waals surface area contributed by atoms with Gasteiger partial charge in [0.2, 0.25) is 0 Å². The first-order valence-corrected chi connectivity index (χ1v) is 8.73. The third-order valence-electron chi connectivity index (χ3n) is 3.38. The van der Waals surface area contributed by atoms with Crippen LogP contribution in [0.1, 0.15) is 65.7 Å². The molecule has 0 saturated heterocycles. The van der Waals surface area contributed by atoms with Crippen LogP contribution in [-0.2, 0) is 4.74 Å². The van der Waals surface area contributed by atoms with E-state index in [1.54, 1.807) is 0 Å². The molecule has 21 heavy (non-hydrogen) atoms. The number of unbranched alkanes of at least 4 members (excludes halogenated alkanes) is 2. The van der Waals surface area contributed by atoms with Crippen molar-refractivity contribution in [3.8, 4) is 0 Å². The maximum atomic E-state index is 6.13. The van der Waals surface area contributed by atoms with Crippen molar-refractivity contribution in [2.45, 2.75) is 71.8 Å². The summed E-state index contributed by atoms with van der Waals surface area (Å²) in [4.78, 5) is 6.79. The minimum Gasteiger partial charge on any atom is -0.462 e. The van der Waals surface area contributed by atoms with Crippen LogP contribution in [0.25, 0.3) is 0 Å². The van der Waals surface area contributed by atoms with Gasteiger partial charge in [-0.05, 0) is 46.8 Å². The van der Waals surface area contributed by atoms with Crippen molar-refractivity contribution >= 4 is 6.02 Å². The fourth-order valence-corrected chi connectivity index (χ4v) is 2.14.